The van der Waals surface area contributed by atoms with Crippen molar-refractivity contribution in [2.24, 2.45) is 23.7 Å². The van der Waals surface area contributed by atoms with Crippen molar-refractivity contribution in [1.82, 2.24) is 0 Å². The lowest BCUT2D eigenvalue weighted by atomic mass is 9.76. The van der Waals surface area contributed by atoms with E-state index >= 15 is 0 Å². The molecular weight excluding hydrogens is 216 g/mol. The van der Waals surface area contributed by atoms with Crippen LogP contribution in [0.15, 0.2) is 0 Å². The SMILES string of the molecule is O=C1CCCCC1C(S)C1CC2CCC1C2. The summed E-state index contributed by atoms with van der Waals surface area (Å²) in [6.07, 6.45) is 9.95. The monoisotopic (exact) mass is 238 g/mol. The van der Waals surface area contributed by atoms with Gasteiger partial charge in [-0.3, -0.25) is 4.79 Å². The number of hydrogen-bond donors (Lipinski definition) is 1. The molecule has 5 atom stereocenters. The highest BCUT2D eigenvalue weighted by Crippen LogP contribution is 2.52. The highest BCUT2D eigenvalue weighted by molar-refractivity contribution is 7.81. The van der Waals surface area contributed by atoms with E-state index in [1.807, 2.05) is 0 Å². The predicted molar refractivity (Wildman–Crippen MR) is 68.7 cm³/mol. The second-order valence-electron chi connectivity index (χ2n) is 6.15. The fourth-order valence-corrected chi connectivity index (χ4v) is 5.06. The molecule has 3 saturated carbocycles. The van der Waals surface area contributed by atoms with E-state index in [1.54, 1.807) is 0 Å². The van der Waals surface area contributed by atoms with Crippen molar-refractivity contribution >= 4 is 18.4 Å². The first-order valence-electron chi connectivity index (χ1n) is 6.96. The van der Waals surface area contributed by atoms with Crippen LogP contribution < -0.4 is 0 Å². The highest BCUT2D eigenvalue weighted by atomic mass is 32.1. The molecule has 0 heterocycles. The Hall–Kier alpha value is 0.0200. The van der Waals surface area contributed by atoms with Gasteiger partial charge in [0.2, 0.25) is 0 Å². The van der Waals surface area contributed by atoms with Crippen molar-refractivity contribution in [1.29, 1.82) is 0 Å². The van der Waals surface area contributed by atoms with Crippen molar-refractivity contribution in [3.05, 3.63) is 0 Å². The highest BCUT2D eigenvalue weighted by Gasteiger charge is 2.45. The lowest BCUT2D eigenvalue weighted by Crippen LogP contribution is -2.35. The Bertz CT molecular complexity index is 288. The van der Waals surface area contributed by atoms with Crippen molar-refractivity contribution in [3.63, 3.8) is 0 Å². The summed E-state index contributed by atoms with van der Waals surface area (Å²) in [5.74, 6) is 3.44. The first kappa shape index (κ1) is 11.1. The first-order chi connectivity index (χ1) is 7.75. The Morgan fingerprint density at radius 3 is 2.62 bits per heavy atom. The van der Waals surface area contributed by atoms with Crippen molar-refractivity contribution in [2.45, 2.75) is 56.6 Å². The average molecular weight is 238 g/mol. The van der Waals surface area contributed by atoms with Gasteiger partial charge in [-0.2, -0.15) is 12.6 Å². The van der Waals surface area contributed by atoms with Crippen LogP contribution in [0.1, 0.15) is 51.4 Å². The second kappa shape index (κ2) is 4.36. The molecule has 0 aromatic carbocycles. The summed E-state index contributed by atoms with van der Waals surface area (Å²) in [7, 11) is 0. The summed E-state index contributed by atoms with van der Waals surface area (Å²) in [4.78, 5) is 11.9. The van der Waals surface area contributed by atoms with Crippen LogP contribution in [0.3, 0.4) is 0 Å². The molecule has 5 unspecified atom stereocenters. The van der Waals surface area contributed by atoms with Gasteiger partial charge in [0, 0.05) is 17.6 Å². The van der Waals surface area contributed by atoms with Crippen LogP contribution in [-0.4, -0.2) is 11.0 Å². The van der Waals surface area contributed by atoms with Crippen LogP contribution in [0.25, 0.3) is 0 Å². The molecule has 3 rings (SSSR count). The third-order valence-corrected chi connectivity index (χ3v) is 5.99. The molecule has 0 aromatic heterocycles. The molecule has 2 bridgehead atoms. The van der Waals surface area contributed by atoms with Crippen LogP contribution in [0.5, 0.6) is 0 Å². The fraction of sp³-hybridized carbons (Fsp3) is 0.929. The summed E-state index contributed by atoms with van der Waals surface area (Å²) < 4.78 is 0. The Kier molecular flexibility index (Phi) is 3.03. The molecule has 3 fully saturated rings. The second-order valence-corrected chi connectivity index (χ2v) is 6.74. The van der Waals surface area contributed by atoms with E-state index in [0.717, 1.165) is 37.0 Å². The maximum absolute atomic E-state index is 11.9. The van der Waals surface area contributed by atoms with Gasteiger partial charge in [0.1, 0.15) is 5.78 Å². The molecule has 1 nitrogen and oxygen atoms in total. The van der Waals surface area contributed by atoms with Crippen LogP contribution >= 0.6 is 12.6 Å². The Morgan fingerprint density at radius 1 is 1.12 bits per heavy atom. The molecule has 0 aliphatic heterocycles. The molecule has 2 heteroatoms. The molecule has 0 aromatic rings. The maximum atomic E-state index is 11.9. The van der Waals surface area contributed by atoms with Crippen molar-refractivity contribution in [2.75, 3.05) is 0 Å². The summed E-state index contributed by atoms with van der Waals surface area (Å²) in [6, 6.07) is 0. The molecule has 0 spiro atoms. The van der Waals surface area contributed by atoms with E-state index < -0.39 is 0 Å². The third-order valence-electron chi connectivity index (χ3n) is 5.25. The average Bonchev–Trinajstić information content (AvgIpc) is 2.90. The molecule has 0 amide bonds. The van der Waals surface area contributed by atoms with Crippen molar-refractivity contribution < 1.29 is 4.79 Å². The van der Waals surface area contributed by atoms with E-state index in [-0.39, 0.29) is 0 Å². The zero-order valence-corrected chi connectivity index (χ0v) is 10.8. The molecule has 0 N–H and O–H groups in total. The van der Waals surface area contributed by atoms with E-state index in [1.165, 1.54) is 32.1 Å². The normalized spacial score (nSPS) is 44.9. The number of hydrogen-bond acceptors (Lipinski definition) is 2. The van der Waals surface area contributed by atoms with E-state index in [9.17, 15) is 4.79 Å². The Balaban J connectivity index is 1.67. The zero-order valence-electron chi connectivity index (χ0n) is 9.90. The number of carbonyl (C=O) groups is 1. The molecule has 16 heavy (non-hydrogen) atoms. The first-order valence-corrected chi connectivity index (χ1v) is 7.48. The van der Waals surface area contributed by atoms with Crippen LogP contribution in [0, 0.1) is 23.7 Å². The van der Waals surface area contributed by atoms with Gasteiger partial charge in [-0.25, -0.2) is 0 Å². The molecule has 0 saturated heterocycles. The molecule has 3 aliphatic carbocycles. The lowest BCUT2D eigenvalue weighted by molar-refractivity contribution is -0.125. The fourth-order valence-electron chi connectivity index (χ4n) is 4.38. The topological polar surface area (TPSA) is 17.1 Å². The Morgan fingerprint density at radius 2 is 2.00 bits per heavy atom. The van der Waals surface area contributed by atoms with Crippen molar-refractivity contribution in [3.8, 4) is 0 Å². The van der Waals surface area contributed by atoms with Gasteiger partial charge >= 0.3 is 0 Å². The van der Waals surface area contributed by atoms with Gasteiger partial charge in [-0.05, 0) is 49.9 Å². The molecule has 90 valence electrons. The van der Waals surface area contributed by atoms with Gasteiger partial charge in [-0.15, -0.1) is 0 Å². The number of rotatable bonds is 2. The molecule has 3 aliphatic rings. The van der Waals surface area contributed by atoms with E-state index in [4.69, 9.17) is 12.6 Å². The molecule has 0 radical (unpaired) electrons. The standard InChI is InChI=1S/C14H22OS/c15-13-4-2-1-3-11(13)14(16)12-8-9-5-6-10(12)7-9/h9-12,14,16H,1-8H2. The smallest absolute Gasteiger partial charge is 0.137 e. The minimum atomic E-state index is 0.293. The largest absolute Gasteiger partial charge is 0.299 e. The summed E-state index contributed by atoms with van der Waals surface area (Å²) >= 11 is 4.84. The minimum Gasteiger partial charge on any atom is -0.299 e. The van der Waals surface area contributed by atoms with Gasteiger partial charge in [0.05, 0.1) is 0 Å². The summed E-state index contributed by atoms with van der Waals surface area (Å²) in [6.45, 7) is 0. The zero-order chi connectivity index (χ0) is 11.1. The third kappa shape index (κ3) is 1.83. The lowest BCUT2D eigenvalue weighted by Gasteiger charge is -2.34. The van der Waals surface area contributed by atoms with Gasteiger partial charge < -0.3 is 0 Å². The van der Waals surface area contributed by atoms with Gasteiger partial charge in [0.25, 0.3) is 0 Å². The number of Topliss-reactive ketones (excluding diaryl/α,β-unsaturated/α-hetero) is 1. The number of fused-ring (bicyclic) bond motifs is 2. The number of ketones is 1. The Labute approximate surface area is 104 Å². The van der Waals surface area contributed by atoms with Gasteiger partial charge in [0.15, 0.2) is 0 Å². The quantitative estimate of drug-likeness (QED) is 0.729. The number of thiol groups is 1. The van der Waals surface area contributed by atoms with E-state index in [2.05, 4.69) is 0 Å². The summed E-state index contributed by atoms with van der Waals surface area (Å²) in [5, 5.41) is 0.378. The van der Waals surface area contributed by atoms with E-state index in [0.29, 0.717) is 17.0 Å². The molecular formula is C14H22OS. The number of carbonyl (C=O) groups excluding carboxylic acids is 1. The minimum absolute atomic E-state index is 0.293. The van der Waals surface area contributed by atoms with Crippen LogP contribution in [0.2, 0.25) is 0 Å². The maximum Gasteiger partial charge on any atom is 0.137 e. The summed E-state index contributed by atoms with van der Waals surface area (Å²) in [5.41, 5.74) is 0. The predicted octanol–water partition coefficient (Wildman–Crippen LogP) is 3.48. The van der Waals surface area contributed by atoms with Crippen LogP contribution in [-0.2, 0) is 4.79 Å². The van der Waals surface area contributed by atoms with Gasteiger partial charge in [-0.1, -0.05) is 12.8 Å². The van der Waals surface area contributed by atoms with Crippen LogP contribution in [0.4, 0.5) is 0 Å².